The van der Waals surface area contributed by atoms with Gasteiger partial charge in [0.25, 0.3) is 5.91 Å². The first-order chi connectivity index (χ1) is 11.6. The van der Waals surface area contributed by atoms with E-state index in [1.807, 2.05) is 24.3 Å². The lowest BCUT2D eigenvalue weighted by atomic mass is 10.1. The molecule has 1 N–H and O–H groups in total. The summed E-state index contributed by atoms with van der Waals surface area (Å²) in [6.45, 7) is 0.432. The summed E-state index contributed by atoms with van der Waals surface area (Å²) in [5.74, 6) is 0.895. The number of benzene rings is 1. The predicted molar refractivity (Wildman–Crippen MR) is 97.5 cm³/mol. The number of rotatable bonds is 4. The number of thioether (sulfide) groups is 1. The predicted octanol–water partition coefficient (Wildman–Crippen LogP) is 2.68. The smallest absolute Gasteiger partial charge is 0.255 e. The Bertz CT molecular complexity index is 742. The average molecular weight is 406 g/mol. The number of carbonyl (C=O) groups is 2. The molecule has 7 heteroatoms. The van der Waals surface area contributed by atoms with Gasteiger partial charge in [0.1, 0.15) is 6.04 Å². The SMILES string of the molecule is O=C(NCc1ccncc1)C1CSCN1C(=O)c1cccc(Br)c1. The molecule has 0 bridgehead atoms. The average Bonchev–Trinajstić information content (AvgIpc) is 3.09. The standard InChI is InChI=1S/C17H16BrN3O2S/c18-14-3-1-2-13(8-14)17(23)21-11-24-10-15(21)16(22)20-9-12-4-6-19-7-5-12/h1-8,15H,9-11H2,(H,20,22). The highest BCUT2D eigenvalue weighted by molar-refractivity contribution is 9.10. The molecule has 0 radical (unpaired) electrons. The summed E-state index contributed by atoms with van der Waals surface area (Å²) in [5.41, 5.74) is 1.56. The molecule has 1 aromatic heterocycles. The number of nitrogens with zero attached hydrogens (tertiary/aromatic N) is 2. The molecule has 0 saturated carbocycles. The van der Waals surface area contributed by atoms with Crippen molar-refractivity contribution in [3.8, 4) is 0 Å². The van der Waals surface area contributed by atoms with E-state index in [0.29, 0.717) is 23.7 Å². The van der Waals surface area contributed by atoms with Gasteiger partial charge in [0.15, 0.2) is 0 Å². The van der Waals surface area contributed by atoms with Crippen LogP contribution >= 0.6 is 27.7 Å². The van der Waals surface area contributed by atoms with Crippen molar-refractivity contribution in [3.05, 3.63) is 64.4 Å². The quantitative estimate of drug-likeness (QED) is 0.848. The van der Waals surface area contributed by atoms with Crippen molar-refractivity contribution in [2.24, 2.45) is 0 Å². The van der Waals surface area contributed by atoms with Crippen molar-refractivity contribution in [1.82, 2.24) is 15.2 Å². The largest absolute Gasteiger partial charge is 0.350 e. The van der Waals surface area contributed by atoms with E-state index >= 15 is 0 Å². The van der Waals surface area contributed by atoms with Crippen molar-refractivity contribution in [2.75, 3.05) is 11.6 Å². The first kappa shape index (κ1) is 17.0. The van der Waals surface area contributed by atoms with Crippen LogP contribution in [0.4, 0.5) is 0 Å². The fourth-order valence-corrected chi connectivity index (χ4v) is 4.01. The van der Waals surface area contributed by atoms with E-state index in [2.05, 4.69) is 26.2 Å². The topological polar surface area (TPSA) is 62.3 Å². The van der Waals surface area contributed by atoms with Crippen LogP contribution in [0.15, 0.2) is 53.3 Å². The lowest BCUT2D eigenvalue weighted by molar-refractivity contribution is -0.124. The Kier molecular flexibility index (Phi) is 5.52. The normalized spacial score (nSPS) is 16.9. The van der Waals surface area contributed by atoms with Gasteiger partial charge in [0.05, 0.1) is 5.88 Å². The minimum absolute atomic E-state index is 0.120. The summed E-state index contributed by atoms with van der Waals surface area (Å²) in [6.07, 6.45) is 3.38. The Morgan fingerprint density at radius 2 is 2.08 bits per heavy atom. The molecule has 124 valence electrons. The van der Waals surface area contributed by atoms with Gasteiger partial charge in [-0.2, -0.15) is 0 Å². The van der Waals surface area contributed by atoms with E-state index in [-0.39, 0.29) is 11.8 Å². The first-order valence-electron chi connectivity index (χ1n) is 7.46. The minimum Gasteiger partial charge on any atom is -0.350 e. The van der Waals surface area contributed by atoms with E-state index < -0.39 is 6.04 Å². The van der Waals surface area contributed by atoms with Crippen LogP contribution in [0.3, 0.4) is 0 Å². The summed E-state index contributed by atoms with van der Waals surface area (Å²) in [4.78, 5) is 30.8. The van der Waals surface area contributed by atoms with Crippen LogP contribution in [-0.2, 0) is 11.3 Å². The zero-order valence-corrected chi connectivity index (χ0v) is 15.2. The molecule has 2 aromatic rings. The Morgan fingerprint density at radius 1 is 1.29 bits per heavy atom. The van der Waals surface area contributed by atoms with Crippen LogP contribution in [0.1, 0.15) is 15.9 Å². The zero-order valence-electron chi connectivity index (χ0n) is 12.8. The van der Waals surface area contributed by atoms with Gasteiger partial charge in [0.2, 0.25) is 5.91 Å². The zero-order chi connectivity index (χ0) is 16.9. The summed E-state index contributed by atoms with van der Waals surface area (Å²) in [6, 6.07) is 10.5. The van der Waals surface area contributed by atoms with Crippen molar-refractivity contribution in [2.45, 2.75) is 12.6 Å². The Hall–Kier alpha value is -1.86. The van der Waals surface area contributed by atoms with Crippen molar-refractivity contribution in [1.29, 1.82) is 0 Å². The van der Waals surface area contributed by atoms with Crippen LogP contribution in [-0.4, -0.2) is 39.4 Å². The second-order valence-electron chi connectivity index (χ2n) is 5.37. The highest BCUT2D eigenvalue weighted by Crippen LogP contribution is 2.24. The van der Waals surface area contributed by atoms with Crippen LogP contribution in [0.5, 0.6) is 0 Å². The number of carbonyl (C=O) groups excluding carboxylic acids is 2. The fraction of sp³-hybridized carbons (Fsp3) is 0.235. The molecule has 2 amide bonds. The molecule has 1 saturated heterocycles. The highest BCUT2D eigenvalue weighted by Gasteiger charge is 2.34. The van der Waals surface area contributed by atoms with Crippen LogP contribution in [0.2, 0.25) is 0 Å². The Morgan fingerprint density at radius 3 is 2.83 bits per heavy atom. The molecule has 24 heavy (non-hydrogen) atoms. The van der Waals surface area contributed by atoms with Gasteiger partial charge in [0, 0.05) is 34.7 Å². The fourth-order valence-electron chi connectivity index (χ4n) is 2.45. The van der Waals surface area contributed by atoms with Crippen LogP contribution in [0.25, 0.3) is 0 Å². The molecule has 2 heterocycles. The summed E-state index contributed by atoms with van der Waals surface area (Å²) >= 11 is 4.96. The maximum atomic E-state index is 12.7. The van der Waals surface area contributed by atoms with Gasteiger partial charge < -0.3 is 10.2 Å². The summed E-state index contributed by atoms with van der Waals surface area (Å²) in [7, 11) is 0. The second kappa shape index (κ2) is 7.81. The van der Waals surface area contributed by atoms with Crippen molar-refractivity contribution >= 4 is 39.5 Å². The molecule has 0 aliphatic carbocycles. The summed E-state index contributed by atoms with van der Waals surface area (Å²) < 4.78 is 0.846. The molecule has 1 aliphatic rings. The van der Waals surface area contributed by atoms with Crippen molar-refractivity contribution < 1.29 is 9.59 Å². The molecule has 5 nitrogen and oxygen atoms in total. The molecule has 1 aromatic carbocycles. The Balaban J connectivity index is 1.66. The van der Waals surface area contributed by atoms with E-state index in [1.54, 1.807) is 41.2 Å². The highest BCUT2D eigenvalue weighted by atomic mass is 79.9. The molecular weight excluding hydrogens is 390 g/mol. The molecule has 1 aliphatic heterocycles. The third kappa shape index (κ3) is 3.96. The lowest BCUT2D eigenvalue weighted by Gasteiger charge is -2.23. The number of hydrogen-bond donors (Lipinski definition) is 1. The third-order valence-corrected chi connectivity index (χ3v) is 5.24. The molecule has 1 atom stereocenters. The number of halogens is 1. The molecular formula is C17H16BrN3O2S. The van der Waals surface area contributed by atoms with E-state index in [0.717, 1.165) is 10.0 Å². The van der Waals surface area contributed by atoms with Gasteiger partial charge in [-0.05, 0) is 35.9 Å². The Labute approximate surface area is 153 Å². The number of aromatic nitrogens is 1. The van der Waals surface area contributed by atoms with Gasteiger partial charge in [-0.15, -0.1) is 11.8 Å². The van der Waals surface area contributed by atoms with Crippen LogP contribution < -0.4 is 5.32 Å². The minimum atomic E-state index is -0.441. The molecule has 1 unspecified atom stereocenters. The number of hydrogen-bond acceptors (Lipinski definition) is 4. The number of pyridine rings is 1. The van der Waals surface area contributed by atoms with E-state index in [9.17, 15) is 9.59 Å². The number of nitrogens with one attached hydrogen (secondary N) is 1. The number of amides is 2. The van der Waals surface area contributed by atoms with Crippen LogP contribution in [0, 0.1) is 0 Å². The van der Waals surface area contributed by atoms with Gasteiger partial charge >= 0.3 is 0 Å². The second-order valence-corrected chi connectivity index (χ2v) is 7.29. The monoisotopic (exact) mass is 405 g/mol. The van der Waals surface area contributed by atoms with Crippen molar-refractivity contribution in [3.63, 3.8) is 0 Å². The van der Waals surface area contributed by atoms with E-state index in [4.69, 9.17) is 0 Å². The molecule has 1 fully saturated rings. The van der Waals surface area contributed by atoms with Gasteiger partial charge in [-0.3, -0.25) is 14.6 Å². The molecule has 3 rings (SSSR count). The lowest BCUT2D eigenvalue weighted by Crippen LogP contribution is -2.47. The summed E-state index contributed by atoms with van der Waals surface area (Å²) in [5, 5.41) is 2.91. The first-order valence-corrected chi connectivity index (χ1v) is 9.41. The maximum Gasteiger partial charge on any atom is 0.255 e. The van der Waals surface area contributed by atoms with E-state index in [1.165, 1.54) is 0 Å². The van der Waals surface area contributed by atoms with Gasteiger partial charge in [-0.1, -0.05) is 22.0 Å². The van der Waals surface area contributed by atoms with Gasteiger partial charge in [-0.25, -0.2) is 0 Å². The third-order valence-electron chi connectivity index (χ3n) is 3.73. The molecule has 0 spiro atoms. The maximum absolute atomic E-state index is 12.7.